The third-order valence-corrected chi connectivity index (χ3v) is 2.60. The monoisotopic (exact) mass is 241 g/mol. The van der Waals surface area contributed by atoms with E-state index in [-0.39, 0.29) is 5.91 Å². The van der Waals surface area contributed by atoms with E-state index in [1.807, 2.05) is 13.0 Å². The van der Waals surface area contributed by atoms with Crippen molar-refractivity contribution in [2.75, 3.05) is 26.8 Å². The highest BCUT2D eigenvalue weighted by molar-refractivity contribution is 5.85. The van der Waals surface area contributed by atoms with Crippen LogP contribution < -0.4 is 5.73 Å². The van der Waals surface area contributed by atoms with E-state index in [0.29, 0.717) is 32.5 Å². The summed E-state index contributed by atoms with van der Waals surface area (Å²) in [5.74, 6) is -0.105. The van der Waals surface area contributed by atoms with E-state index in [1.165, 1.54) is 0 Å². The number of nitrogens with two attached hydrogens (primary N) is 1. The van der Waals surface area contributed by atoms with Crippen LogP contribution in [0.15, 0.2) is 0 Å². The molecule has 0 spiro atoms. The van der Waals surface area contributed by atoms with Crippen LogP contribution in [0.1, 0.15) is 33.1 Å². The molecule has 0 aliphatic rings. The predicted molar refractivity (Wildman–Crippen MR) is 66.2 cm³/mol. The van der Waals surface area contributed by atoms with E-state index in [2.05, 4.69) is 0 Å². The fourth-order valence-electron chi connectivity index (χ4n) is 1.69. The van der Waals surface area contributed by atoms with E-state index in [9.17, 15) is 4.79 Å². The van der Waals surface area contributed by atoms with Gasteiger partial charge in [-0.3, -0.25) is 4.79 Å². The third kappa shape index (κ3) is 5.66. The molecule has 0 rings (SSSR count). The molecule has 0 aromatic rings. The van der Waals surface area contributed by atoms with E-state index in [0.717, 1.165) is 6.42 Å². The number of carbonyl (C=O) groups is 1. The molecule has 0 fully saturated rings. The van der Waals surface area contributed by atoms with Gasteiger partial charge in [-0.15, -0.1) is 0 Å². The van der Waals surface area contributed by atoms with E-state index < -0.39 is 5.54 Å². The number of methoxy groups -OCH3 is 1. The Morgan fingerprint density at radius 2 is 2.18 bits per heavy atom. The predicted octanol–water partition coefficient (Wildman–Crippen LogP) is 0.893. The summed E-state index contributed by atoms with van der Waals surface area (Å²) in [6, 6.07) is 2.04. The summed E-state index contributed by atoms with van der Waals surface area (Å²) >= 11 is 0. The van der Waals surface area contributed by atoms with Gasteiger partial charge >= 0.3 is 0 Å². The van der Waals surface area contributed by atoms with Crippen LogP contribution in [0.25, 0.3) is 0 Å². The molecule has 0 aromatic heterocycles. The van der Waals surface area contributed by atoms with Crippen molar-refractivity contribution >= 4 is 5.91 Å². The first kappa shape index (κ1) is 15.9. The smallest absolute Gasteiger partial charge is 0.242 e. The lowest BCUT2D eigenvalue weighted by atomic mass is 9.95. The Morgan fingerprint density at radius 1 is 1.53 bits per heavy atom. The minimum Gasteiger partial charge on any atom is -0.383 e. The van der Waals surface area contributed by atoms with Crippen molar-refractivity contribution in [3.63, 3.8) is 0 Å². The Bertz CT molecular complexity index is 271. The normalized spacial score (nSPS) is 13.8. The zero-order chi connectivity index (χ0) is 13.3. The second-order valence-electron chi connectivity index (χ2n) is 4.36. The summed E-state index contributed by atoms with van der Waals surface area (Å²) in [5.41, 5.74) is 5.15. The molecule has 17 heavy (non-hydrogen) atoms. The zero-order valence-corrected chi connectivity index (χ0v) is 11.0. The average molecular weight is 241 g/mol. The molecule has 0 aromatic carbocycles. The molecular weight excluding hydrogens is 218 g/mol. The molecule has 0 bridgehead atoms. The molecule has 2 N–H and O–H groups in total. The van der Waals surface area contributed by atoms with Crippen molar-refractivity contribution < 1.29 is 9.53 Å². The number of amides is 1. The van der Waals surface area contributed by atoms with Crippen LogP contribution in [0.2, 0.25) is 0 Å². The largest absolute Gasteiger partial charge is 0.383 e. The van der Waals surface area contributed by atoms with E-state index in [1.54, 1.807) is 18.9 Å². The molecule has 98 valence electrons. The molecule has 0 aliphatic carbocycles. The van der Waals surface area contributed by atoms with Gasteiger partial charge in [0.05, 0.1) is 24.6 Å². The molecule has 5 nitrogen and oxygen atoms in total. The standard InChI is InChI=1S/C12H23N3O2/c1-4-6-12(2,14)11(16)15(8-5-7-13)9-10-17-3/h4-6,8-10,14H2,1-3H3. The van der Waals surface area contributed by atoms with Crippen molar-refractivity contribution in [1.82, 2.24) is 4.90 Å². The van der Waals surface area contributed by atoms with Gasteiger partial charge in [-0.25, -0.2) is 0 Å². The Hall–Kier alpha value is -1.12. The first-order chi connectivity index (χ1) is 7.99. The first-order valence-electron chi connectivity index (χ1n) is 5.93. The molecule has 1 unspecified atom stereocenters. The molecule has 0 saturated heterocycles. The summed E-state index contributed by atoms with van der Waals surface area (Å²) in [6.07, 6.45) is 1.81. The van der Waals surface area contributed by atoms with Crippen molar-refractivity contribution in [3.8, 4) is 6.07 Å². The fraction of sp³-hybridized carbons (Fsp3) is 0.833. The van der Waals surface area contributed by atoms with Crippen LogP contribution >= 0.6 is 0 Å². The van der Waals surface area contributed by atoms with Gasteiger partial charge in [0.15, 0.2) is 0 Å². The molecular formula is C12H23N3O2. The topological polar surface area (TPSA) is 79.4 Å². The van der Waals surface area contributed by atoms with Gasteiger partial charge in [-0.1, -0.05) is 13.3 Å². The van der Waals surface area contributed by atoms with Crippen LogP contribution in [-0.4, -0.2) is 43.2 Å². The van der Waals surface area contributed by atoms with Gasteiger partial charge in [0.25, 0.3) is 0 Å². The Kier molecular flexibility index (Phi) is 7.51. The second-order valence-corrected chi connectivity index (χ2v) is 4.36. The number of nitriles is 1. The minimum atomic E-state index is -0.849. The molecule has 0 radical (unpaired) electrons. The molecule has 0 saturated carbocycles. The van der Waals surface area contributed by atoms with Crippen LogP contribution in [0, 0.1) is 11.3 Å². The van der Waals surface area contributed by atoms with Crippen molar-refractivity contribution in [2.24, 2.45) is 5.73 Å². The summed E-state index contributed by atoms with van der Waals surface area (Å²) in [7, 11) is 1.58. The van der Waals surface area contributed by atoms with E-state index in [4.69, 9.17) is 15.7 Å². The second kappa shape index (κ2) is 8.04. The molecule has 0 aliphatic heterocycles. The minimum absolute atomic E-state index is 0.105. The van der Waals surface area contributed by atoms with Crippen LogP contribution in [0.4, 0.5) is 0 Å². The van der Waals surface area contributed by atoms with Crippen molar-refractivity contribution in [1.29, 1.82) is 5.26 Å². The van der Waals surface area contributed by atoms with Crippen LogP contribution in [0.5, 0.6) is 0 Å². The van der Waals surface area contributed by atoms with Gasteiger partial charge in [-0.05, 0) is 13.3 Å². The summed E-state index contributed by atoms with van der Waals surface area (Å²) in [4.78, 5) is 13.8. The van der Waals surface area contributed by atoms with Gasteiger partial charge in [0, 0.05) is 20.2 Å². The lowest BCUT2D eigenvalue weighted by molar-refractivity contribution is -0.137. The summed E-state index contributed by atoms with van der Waals surface area (Å²) < 4.78 is 4.96. The van der Waals surface area contributed by atoms with Crippen LogP contribution in [-0.2, 0) is 9.53 Å². The number of ether oxygens (including phenoxy) is 1. The van der Waals surface area contributed by atoms with Crippen molar-refractivity contribution in [2.45, 2.75) is 38.6 Å². The SMILES string of the molecule is CCCC(C)(N)C(=O)N(CCC#N)CCOC. The third-order valence-electron chi connectivity index (χ3n) is 2.60. The summed E-state index contributed by atoms with van der Waals surface area (Å²) in [5, 5.41) is 8.58. The highest BCUT2D eigenvalue weighted by Gasteiger charge is 2.31. The lowest BCUT2D eigenvalue weighted by Crippen LogP contribution is -2.54. The lowest BCUT2D eigenvalue weighted by Gasteiger charge is -2.31. The highest BCUT2D eigenvalue weighted by atomic mass is 16.5. The number of hydrogen-bond donors (Lipinski definition) is 1. The Balaban J connectivity index is 4.55. The highest BCUT2D eigenvalue weighted by Crippen LogP contribution is 2.13. The van der Waals surface area contributed by atoms with Gasteiger partial charge in [0.1, 0.15) is 0 Å². The number of nitrogens with zero attached hydrogens (tertiary/aromatic N) is 2. The average Bonchev–Trinajstić information content (AvgIpc) is 2.28. The van der Waals surface area contributed by atoms with Crippen molar-refractivity contribution in [3.05, 3.63) is 0 Å². The molecule has 1 amide bonds. The molecule has 1 atom stereocenters. The summed E-state index contributed by atoms with van der Waals surface area (Å²) in [6.45, 7) is 5.08. The fourth-order valence-corrected chi connectivity index (χ4v) is 1.69. The Morgan fingerprint density at radius 3 is 2.65 bits per heavy atom. The number of hydrogen-bond acceptors (Lipinski definition) is 4. The molecule has 0 heterocycles. The first-order valence-corrected chi connectivity index (χ1v) is 5.93. The van der Waals surface area contributed by atoms with Crippen LogP contribution in [0.3, 0.4) is 0 Å². The van der Waals surface area contributed by atoms with E-state index >= 15 is 0 Å². The maximum Gasteiger partial charge on any atom is 0.242 e. The van der Waals surface area contributed by atoms with Gasteiger partial charge in [0.2, 0.25) is 5.91 Å². The number of rotatable bonds is 8. The maximum atomic E-state index is 12.2. The zero-order valence-electron chi connectivity index (χ0n) is 11.0. The van der Waals surface area contributed by atoms with Gasteiger partial charge < -0.3 is 15.4 Å². The molecule has 5 heteroatoms. The maximum absolute atomic E-state index is 12.2. The van der Waals surface area contributed by atoms with Gasteiger partial charge in [-0.2, -0.15) is 5.26 Å². The Labute approximate surface area is 104 Å². The number of carbonyl (C=O) groups excluding carboxylic acids is 1. The quantitative estimate of drug-likeness (QED) is 0.684.